The highest BCUT2D eigenvalue weighted by atomic mass is 16.4. The zero-order chi connectivity index (χ0) is 14.3. The molecule has 1 aliphatic carbocycles. The fourth-order valence-corrected chi connectivity index (χ4v) is 2.31. The quantitative estimate of drug-likeness (QED) is 0.655. The molecule has 108 valence electrons. The maximum atomic E-state index is 11.5. The maximum absolute atomic E-state index is 11.5. The number of aliphatic carboxylic acids is 1. The lowest BCUT2D eigenvalue weighted by Gasteiger charge is -2.26. The van der Waals surface area contributed by atoms with Gasteiger partial charge in [-0.3, -0.25) is 14.4 Å². The van der Waals surface area contributed by atoms with Crippen LogP contribution >= 0.6 is 0 Å². The number of carbonyl (C=O) groups is 3. The third-order valence-corrected chi connectivity index (χ3v) is 3.51. The number of hydrogen-bond acceptors (Lipinski definition) is 3. The van der Waals surface area contributed by atoms with E-state index in [-0.39, 0.29) is 24.2 Å². The molecule has 0 aromatic rings. The first-order valence-electron chi connectivity index (χ1n) is 6.73. The molecular weight excluding hydrogens is 248 g/mol. The van der Waals surface area contributed by atoms with Gasteiger partial charge in [0.1, 0.15) is 0 Å². The van der Waals surface area contributed by atoms with Gasteiger partial charge in [0, 0.05) is 26.4 Å². The number of carboxylic acids is 1. The lowest BCUT2D eigenvalue weighted by atomic mass is 9.82. The van der Waals surface area contributed by atoms with Crippen LogP contribution in [-0.2, 0) is 14.4 Å². The smallest absolute Gasteiger partial charge is 0.306 e. The zero-order valence-electron chi connectivity index (χ0n) is 11.3. The minimum Gasteiger partial charge on any atom is -0.481 e. The first-order chi connectivity index (χ1) is 8.99. The highest BCUT2D eigenvalue weighted by Gasteiger charge is 2.25. The molecule has 1 rings (SSSR count). The molecule has 0 atom stereocenters. The molecular formula is C13H22N2O4. The van der Waals surface area contributed by atoms with Crippen LogP contribution < -0.4 is 10.6 Å². The van der Waals surface area contributed by atoms with Gasteiger partial charge < -0.3 is 15.7 Å². The minimum atomic E-state index is -0.710. The Morgan fingerprint density at radius 1 is 1.11 bits per heavy atom. The molecule has 0 saturated heterocycles. The van der Waals surface area contributed by atoms with E-state index in [0.29, 0.717) is 31.8 Å². The summed E-state index contributed by atoms with van der Waals surface area (Å²) in [6.45, 7) is 2.37. The van der Waals surface area contributed by atoms with Crippen molar-refractivity contribution in [3.63, 3.8) is 0 Å². The Morgan fingerprint density at radius 3 is 2.26 bits per heavy atom. The molecule has 0 aromatic carbocycles. The van der Waals surface area contributed by atoms with Crippen molar-refractivity contribution in [2.75, 3.05) is 13.1 Å². The molecule has 0 heterocycles. The van der Waals surface area contributed by atoms with Gasteiger partial charge in [0.2, 0.25) is 11.8 Å². The Morgan fingerprint density at radius 2 is 1.74 bits per heavy atom. The van der Waals surface area contributed by atoms with Gasteiger partial charge in [-0.1, -0.05) is 0 Å². The Kier molecular flexibility index (Phi) is 6.32. The van der Waals surface area contributed by atoms with E-state index in [2.05, 4.69) is 10.6 Å². The molecule has 1 aliphatic rings. The molecule has 0 aliphatic heterocycles. The van der Waals surface area contributed by atoms with Gasteiger partial charge in [-0.2, -0.15) is 0 Å². The molecule has 1 fully saturated rings. The first kappa shape index (κ1) is 15.5. The Hall–Kier alpha value is -1.59. The van der Waals surface area contributed by atoms with Crippen LogP contribution in [0.25, 0.3) is 0 Å². The summed E-state index contributed by atoms with van der Waals surface area (Å²) >= 11 is 0. The molecule has 6 heteroatoms. The highest BCUT2D eigenvalue weighted by Crippen LogP contribution is 2.28. The topological polar surface area (TPSA) is 95.5 Å². The number of amides is 2. The lowest BCUT2D eigenvalue weighted by Crippen LogP contribution is -2.34. The predicted molar refractivity (Wildman–Crippen MR) is 69.4 cm³/mol. The van der Waals surface area contributed by atoms with Gasteiger partial charge in [-0.15, -0.1) is 0 Å². The molecule has 6 nitrogen and oxygen atoms in total. The van der Waals surface area contributed by atoms with E-state index in [1.165, 1.54) is 6.92 Å². The van der Waals surface area contributed by atoms with Gasteiger partial charge in [0.25, 0.3) is 0 Å². The Labute approximate surface area is 112 Å². The average molecular weight is 270 g/mol. The number of nitrogens with one attached hydrogen (secondary N) is 2. The normalized spacial score (nSPS) is 22.6. The van der Waals surface area contributed by atoms with E-state index in [1.54, 1.807) is 0 Å². The molecule has 2 amide bonds. The number of rotatable bonds is 6. The van der Waals surface area contributed by atoms with Crippen molar-refractivity contribution < 1.29 is 19.5 Å². The molecule has 0 spiro atoms. The second-order valence-electron chi connectivity index (χ2n) is 5.09. The van der Waals surface area contributed by atoms with Crippen LogP contribution in [0.1, 0.15) is 39.0 Å². The zero-order valence-corrected chi connectivity index (χ0v) is 11.3. The summed E-state index contributed by atoms with van der Waals surface area (Å²) < 4.78 is 0. The number of carbonyl (C=O) groups excluding carboxylic acids is 2. The molecule has 0 bridgehead atoms. The van der Waals surface area contributed by atoms with Crippen LogP contribution in [-0.4, -0.2) is 36.0 Å². The van der Waals surface area contributed by atoms with Crippen molar-refractivity contribution in [2.45, 2.75) is 39.0 Å². The van der Waals surface area contributed by atoms with Crippen LogP contribution in [0.15, 0.2) is 0 Å². The lowest BCUT2D eigenvalue weighted by molar-refractivity contribution is -0.143. The Balaban J connectivity index is 2.11. The van der Waals surface area contributed by atoms with E-state index >= 15 is 0 Å². The van der Waals surface area contributed by atoms with Gasteiger partial charge in [0.15, 0.2) is 0 Å². The molecule has 19 heavy (non-hydrogen) atoms. The van der Waals surface area contributed by atoms with Crippen LogP contribution in [0.3, 0.4) is 0 Å². The second-order valence-corrected chi connectivity index (χ2v) is 5.09. The summed E-state index contributed by atoms with van der Waals surface area (Å²) in [5, 5.41) is 14.3. The summed E-state index contributed by atoms with van der Waals surface area (Å²) in [5.74, 6) is -0.765. The number of hydrogen-bond donors (Lipinski definition) is 3. The van der Waals surface area contributed by atoms with Crippen molar-refractivity contribution in [1.82, 2.24) is 10.6 Å². The summed E-state index contributed by atoms with van der Waals surface area (Å²) in [6, 6.07) is 0. The maximum Gasteiger partial charge on any atom is 0.306 e. The second kappa shape index (κ2) is 7.76. The van der Waals surface area contributed by atoms with Crippen molar-refractivity contribution in [1.29, 1.82) is 0 Å². The minimum absolute atomic E-state index is 0.0749. The van der Waals surface area contributed by atoms with Crippen molar-refractivity contribution in [2.24, 2.45) is 11.8 Å². The van der Waals surface area contributed by atoms with Crippen LogP contribution in [0.5, 0.6) is 0 Å². The fraction of sp³-hybridized carbons (Fsp3) is 0.769. The summed E-state index contributed by atoms with van der Waals surface area (Å²) in [4.78, 5) is 32.9. The summed E-state index contributed by atoms with van der Waals surface area (Å²) in [7, 11) is 0. The monoisotopic (exact) mass is 270 g/mol. The first-order valence-corrected chi connectivity index (χ1v) is 6.73. The third kappa shape index (κ3) is 6.22. The van der Waals surface area contributed by atoms with Crippen molar-refractivity contribution >= 4 is 17.8 Å². The van der Waals surface area contributed by atoms with Crippen LogP contribution in [0.2, 0.25) is 0 Å². The fourth-order valence-electron chi connectivity index (χ4n) is 2.31. The van der Waals surface area contributed by atoms with E-state index < -0.39 is 5.97 Å². The van der Waals surface area contributed by atoms with E-state index in [4.69, 9.17) is 5.11 Å². The molecule has 0 radical (unpaired) electrons. The molecule has 0 unspecified atom stereocenters. The van der Waals surface area contributed by atoms with Gasteiger partial charge >= 0.3 is 5.97 Å². The third-order valence-electron chi connectivity index (χ3n) is 3.51. The van der Waals surface area contributed by atoms with Gasteiger partial charge in [-0.05, 0) is 31.6 Å². The van der Waals surface area contributed by atoms with E-state index in [9.17, 15) is 14.4 Å². The summed E-state index contributed by atoms with van der Waals surface area (Å²) in [6.07, 6.45) is 3.37. The van der Waals surface area contributed by atoms with Crippen molar-refractivity contribution in [3.05, 3.63) is 0 Å². The van der Waals surface area contributed by atoms with Gasteiger partial charge in [0.05, 0.1) is 5.92 Å². The Bertz CT molecular complexity index is 336. The molecule has 1 saturated carbocycles. The SMILES string of the molecule is CC(=O)NCCC(=O)NCC1CCC(C(=O)O)CC1. The average Bonchev–Trinajstić information content (AvgIpc) is 2.36. The van der Waals surface area contributed by atoms with Crippen LogP contribution in [0.4, 0.5) is 0 Å². The predicted octanol–water partition coefficient (Wildman–Crippen LogP) is 0.520. The molecule has 3 N–H and O–H groups in total. The standard InChI is InChI=1S/C13H22N2O4/c1-9(16)14-7-6-12(17)15-8-10-2-4-11(5-3-10)13(18)19/h10-11H,2-8H2,1H3,(H,14,16)(H,15,17)(H,18,19). The molecule has 0 aromatic heterocycles. The van der Waals surface area contributed by atoms with Crippen molar-refractivity contribution in [3.8, 4) is 0 Å². The largest absolute Gasteiger partial charge is 0.481 e. The number of carboxylic acid groups (broad SMARTS) is 1. The van der Waals surface area contributed by atoms with Gasteiger partial charge in [-0.25, -0.2) is 0 Å². The van der Waals surface area contributed by atoms with E-state index in [0.717, 1.165) is 12.8 Å². The van der Waals surface area contributed by atoms with Crippen LogP contribution in [0, 0.1) is 11.8 Å². The summed E-state index contributed by atoms with van der Waals surface area (Å²) in [5.41, 5.74) is 0. The highest BCUT2D eigenvalue weighted by molar-refractivity contribution is 5.77. The van der Waals surface area contributed by atoms with E-state index in [1.807, 2.05) is 0 Å².